The van der Waals surface area contributed by atoms with E-state index in [0.29, 0.717) is 0 Å². The van der Waals surface area contributed by atoms with Crippen LogP contribution in [0, 0.1) is 5.92 Å². The standard InChI is InChI=1S/C15H31NO2/c1-4-5-6-7-8-9-10-11-12-16-14(3)13(2)15(17)18/h13-14,16H,4-12H2,1-3H3,(H,17,18). The molecule has 0 radical (unpaired) electrons. The zero-order valence-corrected chi connectivity index (χ0v) is 12.4. The minimum absolute atomic E-state index is 0.0621. The molecule has 0 spiro atoms. The fourth-order valence-electron chi connectivity index (χ4n) is 1.98. The van der Waals surface area contributed by atoms with Crippen LogP contribution in [0.3, 0.4) is 0 Å². The first kappa shape index (κ1) is 17.4. The molecule has 0 aliphatic carbocycles. The van der Waals surface area contributed by atoms with Crippen molar-refractivity contribution in [3.63, 3.8) is 0 Å². The molecule has 3 heteroatoms. The highest BCUT2D eigenvalue weighted by Gasteiger charge is 2.17. The van der Waals surface area contributed by atoms with E-state index >= 15 is 0 Å². The molecule has 0 bridgehead atoms. The van der Waals surface area contributed by atoms with Crippen LogP contribution in [0.25, 0.3) is 0 Å². The van der Waals surface area contributed by atoms with Crippen LogP contribution in [0.2, 0.25) is 0 Å². The highest BCUT2D eigenvalue weighted by Crippen LogP contribution is 2.08. The average molecular weight is 257 g/mol. The molecule has 0 amide bonds. The van der Waals surface area contributed by atoms with Gasteiger partial charge in [-0.1, -0.05) is 58.8 Å². The Morgan fingerprint density at radius 2 is 1.50 bits per heavy atom. The van der Waals surface area contributed by atoms with E-state index in [1.807, 2.05) is 6.92 Å². The quantitative estimate of drug-likeness (QED) is 0.522. The Labute approximate surface area is 112 Å². The van der Waals surface area contributed by atoms with Gasteiger partial charge in [0.15, 0.2) is 0 Å². The molecule has 0 aliphatic heterocycles. The summed E-state index contributed by atoms with van der Waals surface area (Å²) in [6.07, 6.45) is 10.5. The molecule has 3 nitrogen and oxygen atoms in total. The highest BCUT2D eigenvalue weighted by atomic mass is 16.4. The van der Waals surface area contributed by atoms with Gasteiger partial charge in [0, 0.05) is 6.04 Å². The van der Waals surface area contributed by atoms with Gasteiger partial charge in [-0.25, -0.2) is 0 Å². The normalized spacial score (nSPS) is 14.4. The maximum atomic E-state index is 10.8. The van der Waals surface area contributed by atoms with E-state index in [4.69, 9.17) is 5.11 Å². The summed E-state index contributed by atoms with van der Waals surface area (Å²) < 4.78 is 0. The van der Waals surface area contributed by atoms with Gasteiger partial charge >= 0.3 is 5.97 Å². The van der Waals surface area contributed by atoms with Crippen LogP contribution < -0.4 is 5.32 Å². The van der Waals surface area contributed by atoms with Gasteiger partial charge in [0.05, 0.1) is 5.92 Å². The van der Waals surface area contributed by atoms with Gasteiger partial charge in [0.1, 0.15) is 0 Å². The fraction of sp³-hybridized carbons (Fsp3) is 0.933. The Morgan fingerprint density at radius 3 is 2.00 bits per heavy atom. The van der Waals surface area contributed by atoms with Crippen molar-refractivity contribution in [3.8, 4) is 0 Å². The van der Waals surface area contributed by atoms with Gasteiger partial charge in [-0.15, -0.1) is 0 Å². The van der Waals surface area contributed by atoms with Crippen molar-refractivity contribution in [1.82, 2.24) is 5.32 Å². The molecular weight excluding hydrogens is 226 g/mol. The second-order valence-electron chi connectivity index (χ2n) is 5.34. The lowest BCUT2D eigenvalue weighted by Gasteiger charge is -2.17. The lowest BCUT2D eigenvalue weighted by Crippen LogP contribution is -2.36. The molecule has 0 aliphatic rings. The summed E-state index contributed by atoms with van der Waals surface area (Å²) in [5.41, 5.74) is 0. The minimum atomic E-state index is -0.717. The maximum absolute atomic E-state index is 10.8. The van der Waals surface area contributed by atoms with E-state index in [-0.39, 0.29) is 12.0 Å². The number of hydrogen-bond donors (Lipinski definition) is 2. The summed E-state index contributed by atoms with van der Waals surface area (Å²) in [4.78, 5) is 10.8. The molecule has 2 unspecified atom stereocenters. The predicted octanol–water partition coefficient (Wildman–Crippen LogP) is 3.83. The van der Waals surface area contributed by atoms with Crippen LogP contribution in [-0.2, 0) is 4.79 Å². The van der Waals surface area contributed by atoms with Crippen LogP contribution in [0.4, 0.5) is 0 Å². The average Bonchev–Trinajstić information content (AvgIpc) is 2.35. The van der Waals surface area contributed by atoms with Crippen LogP contribution in [0.15, 0.2) is 0 Å². The Kier molecular flexibility index (Phi) is 11.2. The first-order valence-corrected chi connectivity index (χ1v) is 7.55. The molecule has 0 fully saturated rings. The number of rotatable bonds is 12. The van der Waals surface area contributed by atoms with Gasteiger partial charge in [-0.3, -0.25) is 4.79 Å². The van der Waals surface area contributed by atoms with Crippen molar-refractivity contribution in [1.29, 1.82) is 0 Å². The summed E-state index contributed by atoms with van der Waals surface area (Å²) in [7, 11) is 0. The molecule has 108 valence electrons. The largest absolute Gasteiger partial charge is 0.481 e. The van der Waals surface area contributed by atoms with Gasteiger partial charge in [-0.05, 0) is 19.9 Å². The van der Waals surface area contributed by atoms with E-state index in [2.05, 4.69) is 12.2 Å². The summed E-state index contributed by atoms with van der Waals surface area (Å²) in [5.74, 6) is -1.02. The first-order valence-electron chi connectivity index (χ1n) is 7.55. The zero-order valence-electron chi connectivity index (χ0n) is 12.4. The van der Waals surface area contributed by atoms with Gasteiger partial charge in [-0.2, -0.15) is 0 Å². The lowest BCUT2D eigenvalue weighted by molar-refractivity contribution is -0.141. The predicted molar refractivity (Wildman–Crippen MR) is 76.9 cm³/mol. The molecule has 2 N–H and O–H groups in total. The molecular formula is C15H31NO2. The number of carboxylic acid groups (broad SMARTS) is 1. The Morgan fingerprint density at radius 1 is 1.00 bits per heavy atom. The van der Waals surface area contributed by atoms with Crippen LogP contribution in [-0.4, -0.2) is 23.7 Å². The molecule has 2 atom stereocenters. The SMILES string of the molecule is CCCCCCCCCCNC(C)C(C)C(=O)O. The number of aliphatic carboxylic acids is 1. The summed E-state index contributed by atoms with van der Waals surface area (Å²) in [6.45, 7) is 6.88. The number of carboxylic acids is 1. The van der Waals surface area contributed by atoms with Crippen molar-refractivity contribution < 1.29 is 9.90 Å². The summed E-state index contributed by atoms with van der Waals surface area (Å²) in [5, 5.41) is 12.2. The van der Waals surface area contributed by atoms with Crippen molar-refractivity contribution in [2.75, 3.05) is 6.54 Å². The van der Waals surface area contributed by atoms with Crippen molar-refractivity contribution in [3.05, 3.63) is 0 Å². The monoisotopic (exact) mass is 257 g/mol. The van der Waals surface area contributed by atoms with E-state index < -0.39 is 5.97 Å². The van der Waals surface area contributed by atoms with Gasteiger partial charge < -0.3 is 10.4 Å². The number of nitrogens with one attached hydrogen (secondary N) is 1. The van der Waals surface area contributed by atoms with E-state index in [9.17, 15) is 4.79 Å². The van der Waals surface area contributed by atoms with Gasteiger partial charge in [0.2, 0.25) is 0 Å². The van der Waals surface area contributed by atoms with E-state index in [1.165, 1.54) is 44.9 Å². The number of unbranched alkanes of at least 4 members (excludes halogenated alkanes) is 7. The Bertz CT molecular complexity index is 207. The molecule has 0 saturated heterocycles. The maximum Gasteiger partial charge on any atom is 0.307 e. The van der Waals surface area contributed by atoms with Crippen LogP contribution in [0.1, 0.15) is 72.1 Å². The second kappa shape index (κ2) is 11.5. The van der Waals surface area contributed by atoms with Crippen LogP contribution >= 0.6 is 0 Å². The molecule has 0 aromatic heterocycles. The highest BCUT2D eigenvalue weighted by molar-refractivity contribution is 5.70. The number of carbonyl (C=O) groups is 1. The van der Waals surface area contributed by atoms with Crippen LogP contribution in [0.5, 0.6) is 0 Å². The first-order chi connectivity index (χ1) is 8.59. The smallest absolute Gasteiger partial charge is 0.307 e. The third-order valence-corrected chi connectivity index (χ3v) is 3.64. The third kappa shape index (κ3) is 9.46. The minimum Gasteiger partial charge on any atom is -0.481 e. The Balaban J connectivity index is 3.27. The molecule has 0 saturated carbocycles. The van der Waals surface area contributed by atoms with Crippen molar-refractivity contribution in [2.24, 2.45) is 5.92 Å². The molecule has 0 rings (SSSR count). The lowest BCUT2D eigenvalue weighted by atomic mass is 10.0. The topological polar surface area (TPSA) is 49.3 Å². The van der Waals surface area contributed by atoms with Crippen molar-refractivity contribution >= 4 is 5.97 Å². The Hall–Kier alpha value is -0.570. The summed E-state index contributed by atoms with van der Waals surface area (Å²) in [6, 6.07) is 0.0621. The van der Waals surface area contributed by atoms with E-state index in [1.54, 1.807) is 6.92 Å². The van der Waals surface area contributed by atoms with Gasteiger partial charge in [0.25, 0.3) is 0 Å². The summed E-state index contributed by atoms with van der Waals surface area (Å²) >= 11 is 0. The fourth-order valence-corrected chi connectivity index (χ4v) is 1.98. The van der Waals surface area contributed by atoms with Crippen molar-refractivity contribution in [2.45, 2.75) is 78.2 Å². The molecule has 0 heterocycles. The third-order valence-electron chi connectivity index (χ3n) is 3.64. The molecule has 0 aromatic carbocycles. The molecule has 18 heavy (non-hydrogen) atoms. The second-order valence-corrected chi connectivity index (χ2v) is 5.34. The number of hydrogen-bond acceptors (Lipinski definition) is 2. The molecule has 0 aromatic rings. The van der Waals surface area contributed by atoms with E-state index in [0.717, 1.165) is 13.0 Å². The zero-order chi connectivity index (χ0) is 13.8.